The first-order valence-electron chi connectivity index (χ1n) is 4.44. The molecular weight excluding hydrogens is 293 g/mol. The summed E-state index contributed by atoms with van der Waals surface area (Å²) in [6.07, 6.45) is 2.99. The van der Waals surface area contributed by atoms with Gasteiger partial charge in [-0.05, 0) is 28.1 Å². The zero-order chi connectivity index (χ0) is 11.7. The molecule has 0 N–H and O–H groups in total. The highest BCUT2D eigenvalue weighted by Crippen LogP contribution is 2.21. The van der Waals surface area contributed by atoms with Gasteiger partial charge < -0.3 is 0 Å². The molecule has 0 saturated carbocycles. The Bertz CT molecular complexity index is 533. The summed E-state index contributed by atoms with van der Waals surface area (Å²) in [7, 11) is 1.66. The van der Waals surface area contributed by atoms with Crippen molar-refractivity contribution in [1.82, 2.24) is 14.8 Å². The molecule has 4 nitrogen and oxygen atoms in total. The van der Waals surface area contributed by atoms with Gasteiger partial charge in [-0.25, -0.2) is 0 Å². The number of carbonyl (C=O) groups excluding carboxylic acids is 1. The van der Waals surface area contributed by atoms with Gasteiger partial charge in [-0.3, -0.25) is 14.5 Å². The second kappa shape index (κ2) is 4.35. The number of ketones is 1. The van der Waals surface area contributed by atoms with Crippen LogP contribution < -0.4 is 0 Å². The molecule has 0 aromatic carbocycles. The second-order valence-electron chi connectivity index (χ2n) is 3.13. The average Bonchev–Trinajstić information content (AvgIpc) is 2.58. The predicted molar refractivity (Wildman–Crippen MR) is 63.6 cm³/mol. The summed E-state index contributed by atoms with van der Waals surface area (Å²) in [6, 6.07) is 3.50. The Morgan fingerprint density at radius 3 is 2.88 bits per heavy atom. The van der Waals surface area contributed by atoms with Crippen LogP contribution in [-0.2, 0) is 7.05 Å². The highest BCUT2D eigenvalue weighted by molar-refractivity contribution is 9.10. The number of aromatic nitrogens is 3. The Kier molecular flexibility index (Phi) is 3.07. The van der Waals surface area contributed by atoms with Gasteiger partial charge >= 0.3 is 0 Å². The number of hydrogen-bond donors (Lipinski definition) is 0. The first-order chi connectivity index (χ1) is 7.61. The van der Waals surface area contributed by atoms with Gasteiger partial charge in [0.05, 0.1) is 11.2 Å². The number of carbonyl (C=O) groups is 1. The Morgan fingerprint density at radius 1 is 1.56 bits per heavy atom. The lowest BCUT2D eigenvalue weighted by Gasteiger charge is -2.03. The lowest BCUT2D eigenvalue weighted by molar-refractivity contribution is 0.102. The van der Waals surface area contributed by atoms with Crippen molar-refractivity contribution in [2.75, 3.05) is 0 Å². The number of rotatable bonds is 2. The monoisotopic (exact) mass is 299 g/mol. The summed E-state index contributed by atoms with van der Waals surface area (Å²) < 4.78 is 2.07. The van der Waals surface area contributed by atoms with Gasteiger partial charge in [-0.15, -0.1) is 0 Å². The fraction of sp³-hybridized carbons (Fsp3) is 0.100. The molecule has 2 heterocycles. The first-order valence-corrected chi connectivity index (χ1v) is 5.61. The smallest absolute Gasteiger partial charge is 0.231 e. The molecule has 0 atom stereocenters. The van der Waals surface area contributed by atoms with Crippen LogP contribution in [0.1, 0.15) is 16.2 Å². The maximum absolute atomic E-state index is 12.1. The molecule has 0 bridgehead atoms. The molecule has 82 valence electrons. The summed E-state index contributed by atoms with van der Waals surface area (Å²) in [6.45, 7) is 0. The fourth-order valence-electron chi connectivity index (χ4n) is 1.33. The molecule has 0 radical (unpaired) electrons. The Morgan fingerprint density at radius 2 is 2.31 bits per heavy atom. The number of aryl methyl sites for hydroxylation is 1. The van der Waals surface area contributed by atoms with Crippen LogP contribution in [0.5, 0.6) is 0 Å². The van der Waals surface area contributed by atoms with Crippen LogP contribution in [0.25, 0.3) is 0 Å². The number of nitrogens with zero attached hydrogens (tertiary/aromatic N) is 3. The minimum atomic E-state index is -0.252. The van der Waals surface area contributed by atoms with Gasteiger partial charge in [0.1, 0.15) is 11.4 Å². The van der Waals surface area contributed by atoms with E-state index >= 15 is 0 Å². The van der Waals surface area contributed by atoms with Crippen molar-refractivity contribution >= 4 is 33.3 Å². The van der Waals surface area contributed by atoms with E-state index in [9.17, 15) is 4.79 Å². The molecular formula is C10H7BrClN3O. The molecule has 0 amide bonds. The Balaban J connectivity index is 2.52. The summed E-state index contributed by atoms with van der Waals surface area (Å²) in [5.74, 6) is -0.252. The van der Waals surface area contributed by atoms with E-state index in [0.29, 0.717) is 20.9 Å². The van der Waals surface area contributed by atoms with Crippen molar-refractivity contribution < 1.29 is 4.79 Å². The summed E-state index contributed by atoms with van der Waals surface area (Å²) in [4.78, 5) is 16.2. The molecule has 16 heavy (non-hydrogen) atoms. The van der Waals surface area contributed by atoms with E-state index in [0.717, 1.165) is 0 Å². The molecule has 0 aliphatic rings. The topological polar surface area (TPSA) is 47.8 Å². The van der Waals surface area contributed by atoms with Crippen molar-refractivity contribution in [3.63, 3.8) is 0 Å². The van der Waals surface area contributed by atoms with Crippen molar-refractivity contribution in [3.05, 3.63) is 45.4 Å². The van der Waals surface area contributed by atoms with Gasteiger partial charge in [-0.1, -0.05) is 11.6 Å². The van der Waals surface area contributed by atoms with Crippen LogP contribution >= 0.6 is 27.5 Å². The lowest BCUT2D eigenvalue weighted by Crippen LogP contribution is -2.11. The van der Waals surface area contributed by atoms with Crippen LogP contribution in [0.3, 0.4) is 0 Å². The Hall–Kier alpha value is -1.20. The highest BCUT2D eigenvalue weighted by atomic mass is 79.9. The molecule has 2 rings (SSSR count). The molecule has 0 saturated heterocycles. The molecule has 0 aliphatic heterocycles. The number of halogens is 2. The van der Waals surface area contributed by atoms with E-state index in [1.807, 2.05) is 0 Å². The quantitative estimate of drug-likeness (QED) is 0.801. The minimum Gasteiger partial charge on any atom is -0.285 e. The summed E-state index contributed by atoms with van der Waals surface area (Å²) in [5, 5.41) is 4.24. The molecule has 6 heteroatoms. The highest BCUT2D eigenvalue weighted by Gasteiger charge is 2.20. The van der Waals surface area contributed by atoms with Crippen LogP contribution in [-0.4, -0.2) is 20.5 Å². The van der Waals surface area contributed by atoms with Gasteiger partial charge in [0.15, 0.2) is 0 Å². The normalized spacial score (nSPS) is 10.4. The average molecular weight is 301 g/mol. The summed E-state index contributed by atoms with van der Waals surface area (Å²) >= 11 is 9.17. The van der Waals surface area contributed by atoms with Gasteiger partial charge in [-0.2, -0.15) is 5.10 Å². The zero-order valence-corrected chi connectivity index (χ0v) is 10.7. The third-order valence-electron chi connectivity index (χ3n) is 2.08. The van der Waals surface area contributed by atoms with E-state index in [4.69, 9.17) is 11.6 Å². The third kappa shape index (κ3) is 1.88. The van der Waals surface area contributed by atoms with Crippen LogP contribution in [0, 0.1) is 0 Å². The zero-order valence-electron chi connectivity index (χ0n) is 8.32. The largest absolute Gasteiger partial charge is 0.285 e. The van der Waals surface area contributed by atoms with E-state index in [1.54, 1.807) is 25.4 Å². The van der Waals surface area contributed by atoms with Crippen LogP contribution in [0.2, 0.25) is 5.02 Å². The molecule has 0 aliphatic carbocycles. The fourth-order valence-corrected chi connectivity index (χ4v) is 2.02. The van der Waals surface area contributed by atoms with Crippen LogP contribution in [0.15, 0.2) is 29.0 Å². The maximum Gasteiger partial charge on any atom is 0.231 e. The first kappa shape index (κ1) is 11.3. The van der Waals surface area contributed by atoms with E-state index in [2.05, 4.69) is 26.0 Å². The van der Waals surface area contributed by atoms with E-state index < -0.39 is 0 Å². The Labute approximate surface area is 105 Å². The molecule has 2 aromatic heterocycles. The molecule has 2 aromatic rings. The number of pyridine rings is 1. The van der Waals surface area contributed by atoms with Gasteiger partial charge in [0.25, 0.3) is 0 Å². The third-order valence-corrected chi connectivity index (χ3v) is 3.00. The van der Waals surface area contributed by atoms with E-state index in [-0.39, 0.29) is 5.78 Å². The standard InChI is InChI=1S/C10H7BrClN3O/c1-15-9(7(12)5-14-15)10(16)8-6(11)3-2-4-13-8/h2-5H,1H3. The van der Waals surface area contributed by atoms with Crippen molar-refractivity contribution in [2.24, 2.45) is 7.05 Å². The van der Waals surface area contributed by atoms with Crippen molar-refractivity contribution in [1.29, 1.82) is 0 Å². The molecule has 0 fully saturated rings. The van der Waals surface area contributed by atoms with Crippen molar-refractivity contribution in [2.45, 2.75) is 0 Å². The second-order valence-corrected chi connectivity index (χ2v) is 4.39. The lowest BCUT2D eigenvalue weighted by atomic mass is 10.2. The predicted octanol–water partition coefficient (Wildman–Crippen LogP) is 2.46. The number of hydrogen-bond acceptors (Lipinski definition) is 3. The van der Waals surface area contributed by atoms with Gasteiger partial charge in [0.2, 0.25) is 5.78 Å². The van der Waals surface area contributed by atoms with Gasteiger partial charge in [0, 0.05) is 17.7 Å². The summed E-state index contributed by atoms with van der Waals surface area (Å²) in [5.41, 5.74) is 0.661. The van der Waals surface area contributed by atoms with E-state index in [1.165, 1.54) is 10.9 Å². The van der Waals surface area contributed by atoms with Crippen molar-refractivity contribution in [3.8, 4) is 0 Å². The maximum atomic E-state index is 12.1. The molecule has 0 unspecified atom stereocenters. The van der Waals surface area contributed by atoms with Crippen LogP contribution in [0.4, 0.5) is 0 Å². The minimum absolute atomic E-state index is 0.252. The molecule has 0 spiro atoms. The SMILES string of the molecule is Cn1ncc(Cl)c1C(=O)c1ncccc1Br.